The molecular formula is C16H29N3O2. The fraction of sp³-hybridized carbons (Fsp3) is 0.688. The zero-order valence-electron chi connectivity index (χ0n) is 14.0. The number of nitrogens with zero attached hydrogens (tertiary/aromatic N) is 2. The minimum Gasteiger partial charge on any atom is -0.385 e. The van der Waals surface area contributed by atoms with Gasteiger partial charge in [0.25, 0.3) is 0 Å². The molecule has 0 radical (unpaired) electrons. The Kier molecular flexibility index (Phi) is 8.27. The highest BCUT2D eigenvalue weighted by atomic mass is 16.5. The van der Waals surface area contributed by atoms with Gasteiger partial charge in [0.05, 0.1) is 6.61 Å². The van der Waals surface area contributed by atoms with Crippen molar-refractivity contribution in [1.29, 1.82) is 0 Å². The summed E-state index contributed by atoms with van der Waals surface area (Å²) in [4.78, 5) is 7.07. The van der Waals surface area contributed by atoms with Gasteiger partial charge in [0, 0.05) is 51.7 Å². The molecule has 0 aliphatic heterocycles. The number of ether oxygens (including phenoxy) is 2. The Labute approximate surface area is 128 Å². The molecule has 0 saturated heterocycles. The van der Waals surface area contributed by atoms with Crippen molar-refractivity contribution in [2.45, 2.75) is 26.8 Å². The molecule has 0 aliphatic rings. The van der Waals surface area contributed by atoms with Gasteiger partial charge >= 0.3 is 0 Å². The van der Waals surface area contributed by atoms with E-state index < -0.39 is 0 Å². The van der Waals surface area contributed by atoms with Gasteiger partial charge in [-0.2, -0.15) is 0 Å². The Balaban J connectivity index is 3.02. The van der Waals surface area contributed by atoms with Crippen LogP contribution in [-0.4, -0.2) is 52.6 Å². The van der Waals surface area contributed by atoms with Crippen molar-refractivity contribution in [3.63, 3.8) is 0 Å². The molecule has 5 heteroatoms. The highest BCUT2D eigenvalue weighted by Crippen LogP contribution is 2.23. The van der Waals surface area contributed by atoms with Crippen LogP contribution >= 0.6 is 0 Å². The van der Waals surface area contributed by atoms with Crippen LogP contribution in [0.3, 0.4) is 0 Å². The van der Waals surface area contributed by atoms with Crippen LogP contribution in [0.1, 0.15) is 23.2 Å². The second kappa shape index (κ2) is 9.71. The quantitative estimate of drug-likeness (QED) is 0.668. The van der Waals surface area contributed by atoms with Gasteiger partial charge < -0.3 is 19.7 Å². The van der Waals surface area contributed by atoms with E-state index in [1.807, 2.05) is 14.0 Å². The summed E-state index contributed by atoms with van der Waals surface area (Å²) >= 11 is 0. The van der Waals surface area contributed by atoms with Crippen molar-refractivity contribution in [3.8, 4) is 0 Å². The lowest BCUT2D eigenvalue weighted by atomic mass is 10.1. The Morgan fingerprint density at radius 3 is 2.48 bits per heavy atom. The van der Waals surface area contributed by atoms with E-state index in [1.54, 1.807) is 14.2 Å². The molecule has 0 atom stereocenters. The number of pyridine rings is 1. The van der Waals surface area contributed by atoms with E-state index >= 15 is 0 Å². The average Bonchev–Trinajstić information content (AvgIpc) is 2.45. The van der Waals surface area contributed by atoms with E-state index in [2.05, 4.69) is 23.2 Å². The summed E-state index contributed by atoms with van der Waals surface area (Å²) in [6.45, 7) is 8.23. The van der Waals surface area contributed by atoms with Crippen molar-refractivity contribution < 1.29 is 9.47 Å². The topological polar surface area (TPSA) is 46.6 Å². The number of aryl methyl sites for hydroxylation is 2. The van der Waals surface area contributed by atoms with Crippen molar-refractivity contribution in [2.24, 2.45) is 0 Å². The van der Waals surface area contributed by atoms with Crippen molar-refractivity contribution in [1.82, 2.24) is 10.3 Å². The third kappa shape index (κ3) is 5.61. The minimum absolute atomic E-state index is 0.695. The van der Waals surface area contributed by atoms with Gasteiger partial charge in [0.2, 0.25) is 0 Å². The lowest BCUT2D eigenvalue weighted by Crippen LogP contribution is -2.31. The van der Waals surface area contributed by atoms with Gasteiger partial charge in [-0.25, -0.2) is 4.98 Å². The lowest BCUT2D eigenvalue weighted by Gasteiger charge is -2.27. The maximum absolute atomic E-state index is 5.24. The number of hydrogen-bond acceptors (Lipinski definition) is 5. The van der Waals surface area contributed by atoms with Gasteiger partial charge in [0.1, 0.15) is 5.82 Å². The Morgan fingerprint density at radius 1 is 1.14 bits per heavy atom. The van der Waals surface area contributed by atoms with E-state index in [1.165, 1.54) is 11.1 Å². The molecule has 0 unspecified atom stereocenters. The largest absolute Gasteiger partial charge is 0.385 e. The van der Waals surface area contributed by atoms with Crippen LogP contribution in [-0.2, 0) is 16.0 Å². The summed E-state index contributed by atoms with van der Waals surface area (Å²) in [5, 5.41) is 3.24. The Bertz CT molecular complexity index is 424. The first-order valence-electron chi connectivity index (χ1n) is 7.48. The van der Waals surface area contributed by atoms with E-state index in [0.29, 0.717) is 6.61 Å². The molecular weight excluding hydrogens is 266 g/mol. The van der Waals surface area contributed by atoms with Gasteiger partial charge in [0.15, 0.2) is 0 Å². The van der Waals surface area contributed by atoms with Gasteiger partial charge in [-0.3, -0.25) is 0 Å². The molecule has 1 aromatic rings. The number of hydrogen-bond donors (Lipinski definition) is 1. The molecule has 0 aliphatic carbocycles. The Morgan fingerprint density at radius 2 is 1.86 bits per heavy atom. The number of nitrogens with one attached hydrogen (secondary N) is 1. The molecule has 0 amide bonds. The SMILES string of the molecule is CNCc1c(C)cc(C)nc1N(CCCOC)CCOC. The first-order chi connectivity index (χ1) is 10.1. The third-order valence-corrected chi connectivity index (χ3v) is 3.45. The predicted molar refractivity (Wildman–Crippen MR) is 87.1 cm³/mol. The molecule has 1 aromatic heterocycles. The van der Waals surface area contributed by atoms with Gasteiger partial charge in [-0.15, -0.1) is 0 Å². The maximum Gasteiger partial charge on any atom is 0.133 e. The summed E-state index contributed by atoms with van der Waals surface area (Å²) in [7, 11) is 5.44. The van der Waals surface area contributed by atoms with Crippen LogP contribution in [0.15, 0.2) is 6.07 Å². The van der Waals surface area contributed by atoms with Gasteiger partial charge in [-0.1, -0.05) is 0 Å². The maximum atomic E-state index is 5.24. The second-order valence-electron chi connectivity index (χ2n) is 5.24. The first kappa shape index (κ1) is 17.9. The third-order valence-electron chi connectivity index (χ3n) is 3.45. The normalized spacial score (nSPS) is 10.9. The minimum atomic E-state index is 0.695. The fourth-order valence-electron chi connectivity index (χ4n) is 2.43. The smallest absolute Gasteiger partial charge is 0.133 e. The zero-order chi connectivity index (χ0) is 15.7. The molecule has 0 bridgehead atoms. The number of methoxy groups -OCH3 is 2. The molecule has 0 aromatic carbocycles. The Hall–Kier alpha value is -1.17. The van der Waals surface area contributed by atoms with Crippen LogP contribution in [0.2, 0.25) is 0 Å². The summed E-state index contributed by atoms with van der Waals surface area (Å²) < 4.78 is 10.4. The van der Waals surface area contributed by atoms with E-state index in [-0.39, 0.29) is 0 Å². The van der Waals surface area contributed by atoms with Crippen molar-refractivity contribution in [2.75, 3.05) is 52.5 Å². The van der Waals surface area contributed by atoms with Crippen molar-refractivity contribution >= 4 is 5.82 Å². The van der Waals surface area contributed by atoms with Crippen LogP contribution in [0.4, 0.5) is 5.82 Å². The molecule has 21 heavy (non-hydrogen) atoms. The van der Waals surface area contributed by atoms with Gasteiger partial charge in [-0.05, 0) is 38.9 Å². The number of rotatable bonds is 10. The average molecular weight is 295 g/mol. The summed E-state index contributed by atoms with van der Waals surface area (Å²) in [5.74, 6) is 1.06. The molecule has 120 valence electrons. The van der Waals surface area contributed by atoms with Crippen molar-refractivity contribution in [3.05, 3.63) is 22.9 Å². The molecule has 5 nitrogen and oxygen atoms in total. The first-order valence-corrected chi connectivity index (χ1v) is 7.48. The van der Waals surface area contributed by atoms with Crippen LogP contribution in [0.25, 0.3) is 0 Å². The fourth-order valence-corrected chi connectivity index (χ4v) is 2.43. The molecule has 1 heterocycles. The van der Waals surface area contributed by atoms with Crippen LogP contribution in [0.5, 0.6) is 0 Å². The van der Waals surface area contributed by atoms with E-state index in [0.717, 1.165) is 44.2 Å². The monoisotopic (exact) mass is 295 g/mol. The second-order valence-corrected chi connectivity index (χ2v) is 5.24. The molecule has 0 fully saturated rings. The predicted octanol–water partition coefficient (Wildman–Crippen LogP) is 1.91. The van der Waals surface area contributed by atoms with E-state index in [4.69, 9.17) is 14.5 Å². The molecule has 0 spiro atoms. The number of anilines is 1. The summed E-state index contributed by atoms with van der Waals surface area (Å²) in [6.07, 6.45) is 0.980. The highest BCUT2D eigenvalue weighted by molar-refractivity contribution is 5.51. The molecule has 1 rings (SSSR count). The molecule has 1 N–H and O–H groups in total. The highest BCUT2D eigenvalue weighted by Gasteiger charge is 2.15. The van der Waals surface area contributed by atoms with E-state index in [9.17, 15) is 0 Å². The number of aromatic nitrogens is 1. The standard InChI is InChI=1S/C16H29N3O2/c1-13-11-14(2)18-16(15(13)12-17-3)19(8-10-21-5)7-6-9-20-4/h11,17H,6-10,12H2,1-5H3. The van der Waals surface area contributed by atoms with Crippen LogP contribution in [0, 0.1) is 13.8 Å². The lowest BCUT2D eigenvalue weighted by molar-refractivity contribution is 0.191. The summed E-state index contributed by atoms with van der Waals surface area (Å²) in [6, 6.07) is 2.14. The molecule has 0 saturated carbocycles. The van der Waals surface area contributed by atoms with Crippen LogP contribution < -0.4 is 10.2 Å². The summed E-state index contributed by atoms with van der Waals surface area (Å²) in [5.41, 5.74) is 3.59. The zero-order valence-corrected chi connectivity index (χ0v) is 14.0.